The van der Waals surface area contributed by atoms with E-state index in [4.69, 9.17) is 9.97 Å². The van der Waals surface area contributed by atoms with E-state index in [1.54, 1.807) is 0 Å². The largest absolute Gasteiger partial charge is 0.354 e. The molecule has 3 aliphatic rings. The molecule has 5 rings (SSSR count). The third kappa shape index (κ3) is 6.12. The van der Waals surface area contributed by atoms with E-state index in [1.165, 1.54) is 19.3 Å². The van der Waals surface area contributed by atoms with E-state index in [2.05, 4.69) is 37.3 Å². The summed E-state index contributed by atoms with van der Waals surface area (Å²) in [4.78, 5) is 29.9. The molecular weight excluding hydrogens is 440 g/mol. The number of rotatable bonds is 6. The molecule has 3 fully saturated rings. The van der Waals surface area contributed by atoms with Gasteiger partial charge in [0.2, 0.25) is 5.91 Å². The van der Waals surface area contributed by atoms with Gasteiger partial charge in [-0.3, -0.25) is 9.89 Å². The molecule has 9 heteroatoms. The lowest BCUT2D eigenvalue weighted by Gasteiger charge is -2.36. The molecule has 1 atom stereocenters. The second-order valence-corrected chi connectivity index (χ2v) is 10.7. The minimum atomic E-state index is 0.243. The molecule has 0 bridgehead atoms. The van der Waals surface area contributed by atoms with Crippen LogP contribution < -0.4 is 10.2 Å². The Labute approximate surface area is 208 Å². The number of hydrogen-bond donors (Lipinski definition) is 2. The van der Waals surface area contributed by atoms with E-state index in [0.29, 0.717) is 11.8 Å². The fourth-order valence-corrected chi connectivity index (χ4v) is 5.75. The maximum Gasteiger partial charge on any atom is 0.225 e. The molecule has 9 nitrogen and oxygen atoms in total. The van der Waals surface area contributed by atoms with E-state index in [0.717, 1.165) is 100 Å². The lowest BCUT2D eigenvalue weighted by molar-refractivity contribution is -0.138. The van der Waals surface area contributed by atoms with E-state index in [-0.39, 0.29) is 5.92 Å². The van der Waals surface area contributed by atoms with Crippen molar-refractivity contribution < 1.29 is 4.79 Å². The number of H-pyrrole nitrogens is 1. The van der Waals surface area contributed by atoms with Crippen molar-refractivity contribution >= 4 is 23.4 Å². The predicted octanol–water partition coefficient (Wildman–Crippen LogP) is 3.36. The minimum absolute atomic E-state index is 0.243. The van der Waals surface area contributed by atoms with Crippen LogP contribution in [0.4, 0.5) is 17.5 Å². The van der Waals surface area contributed by atoms with Gasteiger partial charge in [-0.15, -0.1) is 0 Å². The average Bonchev–Trinajstić information content (AvgIpc) is 3.29. The summed E-state index contributed by atoms with van der Waals surface area (Å²) in [6, 6.07) is 4.02. The number of piperazine rings is 1. The molecule has 35 heavy (non-hydrogen) atoms. The minimum Gasteiger partial charge on any atom is -0.354 e. The van der Waals surface area contributed by atoms with E-state index in [1.807, 2.05) is 19.1 Å². The molecule has 2 aromatic heterocycles. The second kappa shape index (κ2) is 10.9. The van der Waals surface area contributed by atoms with Gasteiger partial charge in [0.05, 0.1) is 0 Å². The summed E-state index contributed by atoms with van der Waals surface area (Å²) < 4.78 is 0. The van der Waals surface area contributed by atoms with Crippen molar-refractivity contribution in [2.24, 2.45) is 11.8 Å². The van der Waals surface area contributed by atoms with Gasteiger partial charge in [-0.25, -0.2) is 9.97 Å². The van der Waals surface area contributed by atoms with Gasteiger partial charge in [0, 0.05) is 69.4 Å². The number of carbonyl (C=O) groups excluding carboxylic acids is 1. The molecule has 4 heterocycles. The SMILES string of the molecule is Cc1cc(Nc2cc(N3CCN(C)CC3)nc(CC3CCCN(C(=O)C4CCCCC4)C3)n2)n[nH]1. The zero-order chi connectivity index (χ0) is 24.2. The third-order valence-corrected chi connectivity index (χ3v) is 7.80. The van der Waals surface area contributed by atoms with Gasteiger partial charge in [0.1, 0.15) is 17.5 Å². The lowest BCUT2D eigenvalue weighted by Crippen LogP contribution is -2.45. The number of aromatic amines is 1. The molecule has 0 spiro atoms. The Hall–Kier alpha value is -2.68. The summed E-state index contributed by atoms with van der Waals surface area (Å²) in [7, 11) is 2.17. The Bertz CT molecular complexity index is 993. The topological polar surface area (TPSA) is 93.3 Å². The standard InChI is InChI=1S/C26H40N8O/c1-19-15-24(31-30-19)28-23-17-25(33-13-11-32(2)12-14-33)29-22(27-23)16-20-7-6-10-34(18-20)26(35)21-8-4-3-5-9-21/h15,17,20-21H,3-14,16,18H2,1-2H3,(H2,27,28,29,30,31). The van der Waals surface area contributed by atoms with Crippen LogP contribution in [0.15, 0.2) is 12.1 Å². The van der Waals surface area contributed by atoms with Crippen LogP contribution in [0, 0.1) is 18.8 Å². The maximum atomic E-state index is 13.2. The van der Waals surface area contributed by atoms with Crippen LogP contribution in [0.1, 0.15) is 56.5 Å². The quantitative estimate of drug-likeness (QED) is 0.655. The zero-order valence-corrected chi connectivity index (χ0v) is 21.3. The number of hydrogen-bond acceptors (Lipinski definition) is 7. The number of likely N-dealkylation sites (N-methyl/N-ethyl adjacent to an activating group) is 1. The van der Waals surface area contributed by atoms with Gasteiger partial charge in [-0.1, -0.05) is 19.3 Å². The van der Waals surface area contributed by atoms with Crippen molar-refractivity contribution in [1.82, 2.24) is 30.0 Å². The molecule has 1 aliphatic carbocycles. The number of anilines is 3. The molecule has 0 radical (unpaired) electrons. The Morgan fingerprint density at radius 2 is 1.80 bits per heavy atom. The first-order chi connectivity index (χ1) is 17.0. The van der Waals surface area contributed by atoms with Gasteiger partial charge in [0.25, 0.3) is 0 Å². The average molecular weight is 481 g/mol. The van der Waals surface area contributed by atoms with Crippen LogP contribution in [0.25, 0.3) is 0 Å². The van der Waals surface area contributed by atoms with Crippen molar-refractivity contribution in [3.8, 4) is 0 Å². The number of amides is 1. The van der Waals surface area contributed by atoms with Crippen LogP contribution in [0.2, 0.25) is 0 Å². The van der Waals surface area contributed by atoms with Crippen molar-refractivity contribution in [3.63, 3.8) is 0 Å². The summed E-state index contributed by atoms with van der Waals surface area (Å²) >= 11 is 0. The van der Waals surface area contributed by atoms with Crippen LogP contribution in [0.3, 0.4) is 0 Å². The van der Waals surface area contributed by atoms with Gasteiger partial charge in [-0.2, -0.15) is 5.10 Å². The summed E-state index contributed by atoms with van der Waals surface area (Å²) in [5.74, 6) is 4.40. The smallest absolute Gasteiger partial charge is 0.225 e. The third-order valence-electron chi connectivity index (χ3n) is 7.80. The van der Waals surface area contributed by atoms with E-state index < -0.39 is 0 Å². The number of aromatic nitrogens is 4. The molecule has 2 saturated heterocycles. The second-order valence-electron chi connectivity index (χ2n) is 10.7. The highest BCUT2D eigenvalue weighted by molar-refractivity contribution is 5.79. The number of nitrogens with zero attached hydrogens (tertiary/aromatic N) is 6. The van der Waals surface area contributed by atoms with Crippen molar-refractivity contribution in [1.29, 1.82) is 0 Å². The normalized spacial score (nSPS) is 22.4. The first-order valence-corrected chi connectivity index (χ1v) is 13.4. The Morgan fingerprint density at radius 3 is 2.54 bits per heavy atom. The first-order valence-electron chi connectivity index (χ1n) is 13.4. The highest BCUT2D eigenvalue weighted by Gasteiger charge is 2.30. The molecule has 1 amide bonds. The fraction of sp³-hybridized carbons (Fsp3) is 0.692. The van der Waals surface area contributed by atoms with Crippen molar-refractivity contribution in [3.05, 3.63) is 23.7 Å². The Morgan fingerprint density at radius 1 is 1.00 bits per heavy atom. The van der Waals surface area contributed by atoms with Crippen LogP contribution >= 0.6 is 0 Å². The number of nitrogens with one attached hydrogen (secondary N) is 2. The van der Waals surface area contributed by atoms with E-state index in [9.17, 15) is 4.79 Å². The fourth-order valence-electron chi connectivity index (χ4n) is 5.75. The molecule has 2 N–H and O–H groups in total. The zero-order valence-electron chi connectivity index (χ0n) is 21.3. The van der Waals surface area contributed by atoms with Crippen LogP contribution in [-0.4, -0.2) is 82.2 Å². The van der Waals surface area contributed by atoms with Gasteiger partial charge in [0.15, 0.2) is 5.82 Å². The molecular formula is C26H40N8O. The number of likely N-dealkylation sites (tertiary alicyclic amines) is 1. The summed E-state index contributed by atoms with van der Waals surface area (Å²) in [6.45, 7) is 7.70. The molecule has 1 saturated carbocycles. The molecule has 2 aliphatic heterocycles. The Kier molecular flexibility index (Phi) is 7.51. The van der Waals surface area contributed by atoms with Gasteiger partial charge >= 0.3 is 0 Å². The van der Waals surface area contributed by atoms with Crippen LogP contribution in [-0.2, 0) is 11.2 Å². The monoisotopic (exact) mass is 480 g/mol. The summed E-state index contributed by atoms with van der Waals surface area (Å²) in [6.07, 6.45) is 8.80. The van der Waals surface area contributed by atoms with Gasteiger partial charge < -0.3 is 20.0 Å². The molecule has 0 aromatic carbocycles. The van der Waals surface area contributed by atoms with Crippen molar-refractivity contribution in [2.75, 3.05) is 56.5 Å². The van der Waals surface area contributed by atoms with Gasteiger partial charge in [-0.05, 0) is 45.6 Å². The highest BCUT2D eigenvalue weighted by Crippen LogP contribution is 2.29. The molecule has 2 aromatic rings. The summed E-state index contributed by atoms with van der Waals surface area (Å²) in [5, 5.41) is 10.7. The highest BCUT2D eigenvalue weighted by atomic mass is 16.2. The van der Waals surface area contributed by atoms with Crippen LogP contribution in [0.5, 0.6) is 0 Å². The van der Waals surface area contributed by atoms with Crippen molar-refractivity contribution in [2.45, 2.75) is 58.3 Å². The molecule has 190 valence electrons. The Balaban J connectivity index is 1.31. The number of carbonyl (C=O) groups is 1. The lowest BCUT2D eigenvalue weighted by atomic mass is 9.87. The molecule has 1 unspecified atom stereocenters. The predicted molar refractivity (Wildman–Crippen MR) is 138 cm³/mol. The summed E-state index contributed by atoms with van der Waals surface area (Å²) in [5.41, 5.74) is 1.01. The van der Waals surface area contributed by atoms with E-state index >= 15 is 0 Å². The number of aryl methyl sites for hydroxylation is 1. The first kappa shape index (κ1) is 24.0. The number of piperidine rings is 1. The maximum absolute atomic E-state index is 13.2.